The van der Waals surface area contributed by atoms with Gasteiger partial charge in [0.25, 0.3) is 0 Å². The van der Waals surface area contributed by atoms with Crippen LogP contribution in [0.25, 0.3) is 0 Å². The van der Waals surface area contributed by atoms with Crippen molar-refractivity contribution >= 4 is 5.84 Å². The predicted molar refractivity (Wildman–Crippen MR) is 44.0 cm³/mol. The summed E-state index contributed by atoms with van der Waals surface area (Å²) in [6.07, 6.45) is 1.69. The molecule has 0 saturated carbocycles. The fourth-order valence-electron chi connectivity index (χ4n) is 0.756. The van der Waals surface area contributed by atoms with Gasteiger partial charge in [-0.05, 0) is 12.1 Å². The molecule has 4 nitrogen and oxygen atoms in total. The number of nitrogens with zero attached hydrogens (tertiary/aromatic N) is 2. The fraction of sp³-hybridized carbons (Fsp3) is 0.143. The van der Waals surface area contributed by atoms with Gasteiger partial charge in [-0.25, -0.2) is 5.84 Å². The quantitative estimate of drug-likeness (QED) is 0.255. The molecule has 0 aliphatic rings. The Morgan fingerprint density at radius 2 is 2.45 bits per heavy atom. The maximum absolute atomic E-state index is 5.19. The maximum atomic E-state index is 5.19. The summed E-state index contributed by atoms with van der Waals surface area (Å²) in [5.74, 6) is 5.78. The Labute approximate surface area is 65.1 Å². The van der Waals surface area contributed by atoms with Crippen molar-refractivity contribution in [3.05, 3.63) is 30.1 Å². The van der Waals surface area contributed by atoms with E-state index >= 15 is 0 Å². The fourth-order valence-corrected chi connectivity index (χ4v) is 0.756. The number of nitrogens with one attached hydrogen (secondary N) is 1. The second-order valence-electron chi connectivity index (χ2n) is 1.93. The van der Waals surface area contributed by atoms with Gasteiger partial charge in [0.05, 0.1) is 0 Å². The van der Waals surface area contributed by atoms with Gasteiger partial charge in [-0.2, -0.15) is 0 Å². The van der Waals surface area contributed by atoms with Crippen molar-refractivity contribution in [3.63, 3.8) is 0 Å². The van der Waals surface area contributed by atoms with Gasteiger partial charge in [0.1, 0.15) is 5.69 Å². The van der Waals surface area contributed by atoms with E-state index in [2.05, 4.69) is 15.4 Å². The number of nitrogens with two attached hydrogens (primary N) is 1. The van der Waals surface area contributed by atoms with Crippen molar-refractivity contribution in [3.8, 4) is 0 Å². The Bertz CT molecular complexity index is 242. The van der Waals surface area contributed by atoms with Crippen molar-refractivity contribution in [1.82, 2.24) is 10.4 Å². The third-order valence-electron chi connectivity index (χ3n) is 1.27. The third-order valence-corrected chi connectivity index (χ3v) is 1.27. The Morgan fingerprint density at radius 3 is 2.91 bits per heavy atom. The van der Waals surface area contributed by atoms with Crippen LogP contribution in [0.3, 0.4) is 0 Å². The molecule has 0 bridgehead atoms. The largest absolute Gasteiger partial charge is 0.307 e. The zero-order valence-electron chi connectivity index (χ0n) is 6.28. The third kappa shape index (κ3) is 1.75. The molecule has 0 aliphatic carbocycles. The van der Waals surface area contributed by atoms with Crippen LogP contribution in [0.2, 0.25) is 0 Å². The Balaban J connectivity index is 2.92. The summed E-state index contributed by atoms with van der Waals surface area (Å²) in [4.78, 5) is 7.94. The maximum Gasteiger partial charge on any atom is 0.161 e. The summed E-state index contributed by atoms with van der Waals surface area (Å²) in [5.41, 5.74) is 3.20. The highest BCUT2D eigenvalue weighted by atomic mass is 15.3. The van der Waals surface area contributed by atoms with Gasteiger partial charge in [0.15, 0.2) is 5.84 Å². The number of amidine groups is 1. The standard InChI is InChI=1S/C7H10N4/c1-9-7(11-8)6-4-2-3-5-10-6/h2-5H,8H2,1H3,(H,9,11). The second kappa shape index (κ2) is 3.68. The minimum absolute atomic E-state index is 0.589. The first kappa shape index (κ1) is 7.68. The first-order chi connectivity index (χ1) is 5.38. The Hall–Kier alpha value is -1.42. The van der Waals surface area contributed by atoms with Crippen LogP contribution in [0.4, 0.5) is 0 Å². The van der Waals surface area contributed by atoms with Crippen molar-refractivity contribution < 1.29 is 0 Å². The van der Waals surface area contributed by atoms with E-state index in [1.807, 2.05) is 18.2 Å². The zero-order valence-corrected chi connectivity index (χ0v) is 6.28. The number of aromatic nitrogens is 1. The summed E-state index contributed by atoms with van der Waals surface area (Å²) in [7, 11) is 1.66. The summed E-state index contributed by atoms with van der Waals surface area (Å²) >= 11 is 0. The number of hydrogen-bond acceptors (Lipinski definition) is 3. The predicted octanol–water partition coefficient (Wildman–Crippen LogP) is -0.0787. The van der Waals surface area contributed by atoms with Crippen LogP contribution >= 0.6 is 0 Å². The molecule has 0 atom stereocenters. The first-order valence-corrected chi connectivity index (χ1v) is 3.23. The van der Waals surface area contributed by atoms with Gasteiger partial charge in [-0.3, -0.25) is 9.98 Å². The highest BCUT2D eigenvalue weighted by Crippen LogP contribution is 1.92. The van der Waals surface area contributed by atoms with Crippen LogP contribution in [0.1, 0.15) is 5.69 Å². The second-order valence-corrected chi connectivity index (χ2v) is 1.93. The lowest BCUT2D eigenvalue weighted by molar-refractivity contribution is 1.01. The SMILES string of the molecule is CN=C(NN)c1ccccn1. The van der Waals surface area contributed by atoms with Crippen molar-refractivity contribution in [2.24, 2.45) is 10.8 Å². The molecule has 0 radical (unpaired) electrons. The normalized spacial score (nSPS) is 11.3. The van der Waals surface area contributed by atoms with Crippen LogP contribution in [-0.4, -0.2) is 17.9 Å². The van der Waals surface area contributed by atoms with Crippen LogP contribution in [0, 0.1) is 0 Å². The van der Waals surface area contributed by atoms with Crippen LogP contribution < -0.4 is 11.3 Å². The number of aliphatic imine (C=N–C) groups is 1. The molecule has 1 aromatic rings. The lowest BCUT2D eigenvalue weighted by Gasteiger charge is -2.01. The number of hydrogen-bond donors (Lipinski definition) is 2. The van der Waals surface area contributed by atoms with Crippen molar-refractivity contribution in [2.75, 3.05) is 7.05 Å². The highest BCUT2D eigenvalue weighted by molar-refractivity contribution is 5.96. The molecule has 0 aromatic carbocycles. The Morgan fingerprint density at radius 1 is 1.64 bits per heavy atom. The summed E-state index contributed by atoms with van der Waals surface area (Å²) in [6.45, 7) is 0. The average molecular weight is 150 g/mol. The molecule has 0 saturated heterocycles. The van der Waals surface area contributed by atoms with E-state index in [9.17, 15) is 0 Å². The smallest absolute Gasteiger partial charge is 0.161 e. The van der Waals surface area contributed by atoms with Gasteiger partial charge in [0.2, 0.25) is 0 Å². The van der Waals surface area contributed by atoms with Gasteiger partial charge < -0.3 is 5.43 Å². The molecule has 4 heteroatoms. The van der Waals surface area contributed by atoms with E-state index in [0.29, 0.717) is 5.84 Å². The molecule has 0 spiro atoms. The van der Waals surface area contributed by atoms with E-state index in [-0.39, 0.29) is 0 Å². The van der Waals surface area contributed by atoms with E-state index in [0.717, 1.165) is 5.69 Å². The molecule has 0 aliphatic heterocycles. The number of rotatable bonds is 1. The zero-order chi connectivity index (χ0) is 8.10. The molecular formula is C7H10N4. The highest BCUT2D eigenvalue weighted by Gasteiger charge is 1.97. The number of pyridine rings is 1. The van der Waals surface area contributed by atoms with Crippen LogP contribution in [-0.2, 0) is 0 Å². The molecule has 0 fully saturated rings. The lowest BCUT2D eigenvalue weighted by atomic mass is 10.3. The minimum atomic E-state index is 0.589. The van der Waals surface area contributed by atoms with Gasteiger partial charge in [-0.15, -0.1) is 0 Å². The van der Waals surface area contributed by atoms with E-state index in [1.54, 1.807) is 13.2 Å². The molecule has 3 N–H and O–H groups in total. The first-order valence-electron chi connectivity index (χ1n) is 3.23. The topological polar surface area (TPSA) is 63.3 Å². The summed E-state index contributed by atoms with van der Waals surface area (Å²) in [5, 5.41) is 0. The summed E-state index contributed by atoms with van der Waals surface area (Å²) in [6, 6.07) is 5.56. The number of hydrazine groups is 1. The van der Waals surface area contributed by atoms with E-state index in [1.165, 1.54) is 0 Å². The van der Waals surface area contributed by atoms with Gasteiger partial charge >= 0.3 is 0 Å². The molecule has 1 aromatic heterocycles. The molecule has 1 rings (SSSR count). The molecule has 0 unspecified atom stereocenters. The summed E-state index contributed by atoms with van der Waals surface area (Å²) < 4.78 is 0. The van der Waals surface area contributed by atoms with Crippen LogP contribution in [0.5, 0.6) is 0 Å². The van der Waals surface area contributed by atoms with E-state index < -0.39 is 0 Å². The minimum Gasteiger partial charge on any atom is -0.307 e. The van der Waals surface area contributed by atoms with Crippen molar-refractivity contribution in [2.45, 2.75) is 0 Å². The Kier molecular flexibility index (Phi) is 2.57. The lowest BCUT2D eigenvalue weighted by Crippen LogP contribution is -2.31. The monoisotopic (exact) mass is 150 g/mol. The molecular weight excluding hydrogens is 140 g/mol. The van der Waals surface area contributed by atoms with E-state index in [4.69, 9.17) is 5.84 Å². The molecule has 11 heavy (non-hydrogen) atoms. The van der Waals surface area contributed by atoms with Crippen LogP contribution in [0.15, 0.2) is 29.4 Å². The van der Waals surface area contributed by atoms with Crippen molar-refractivity contribution in [1.29, 1.82) is 0 Å². The van der Waals surface area contributed by atoms with Gasteiger partial charge in [0, 0.05) is 13.2 Å². The van der Waals surface area contributed by atoms with Gasteiger partial charge in [-0.1, -0.05) is 6.07 Å². The average Bonchev–Trinajstić information content (AvgIpc) is 2.09. The molecule has 0 amide bonds. The molecule has 58 valence electrons. The molecule has 1 heterocycles.